The van der Waals surface area contributed by atoms with Crippen molar-refractivity contribution in [2.75, 3.05) is 32.2 Å². The van der Waals surface area contributed by atoms with Crippen LogP contribution >= 0.6 is 11.8 Å². The number of likely N-dealkylation sites (tertiary alicyclic amines) is 1. The van der Waals surface area contributed by atoms with Crippen LogP contribution in [-0.4, -0.2) is 74.5 Å². The van der Waals surface area contributed by atoms with Gasteiger partial charge in [0, 0.05) is 58.7 Å². The van der Waals surface area contributed by atoms with Gasteiger partial charge in [-0.15, -0.1) is 0 Å². The summed E-state index contributed by atoms with van der Waals surface area (Å²) in [6.45, 7) is 0.572. The van der Waals surface area contributed by atoms with Crippen molar-refractivity contribution >= 4 is 33.8 Å². The summed E-state index contributed by atoms with van der Waals surface area (Å²) in [5, 5.41) is 28.3. The molecule has 0 radical (unpaired) electrons. The average molecular weight is 534 g/mol. The van der Waals surface area contributed by atoms with Crippen LogP contribution in [0.15, 0.2) is 29.2 Å². The van der Waals surface area contributed by atoms with Gasteiger partial charge in [0.2, 0.25) is 5.43 Å². The largest absolute Gasteiger partial charge is 0.502 e. The third kappa shape index (κ3) is 4.41. The number of thioether (sulfide) groups is 1. The van der Waals surface area contributed by atoms with Crippen molar-refractivity contribution < 1.29 is 23.5 Å². The molecule has 0 atom stereocenters. The third-order valence-electron chi connectivity index (χ3n) is 6.93. The highest BCUT2D eigenvalue weighted by Gasteiger charge is 2.50. The molecule has 3 heterocycles. The van der Waals surface area contributed by atoms with E-state index in [1.807, 2.05) is 0 Å². The van der Waals surface area contributed by atoms with E-state index < -0.39 is 40.4 Å². The molecule has 0 bridgehead atoms. The van der Waals surface area contributed by atoms with Crippen LogP contribution in [-0.2, 0) is 6.42 Å². The molecule has 1 saturated heterocycles. The zero-order valence-electron chi connectivity index (χ0n) is 20.0. The second kappa shape index (κ2) is 9.50. The SMILES string of the molecule is CN1C(=O)c2c(O)c(=O)c(C(=N)SC(=N)Cc3ccc(F)cc3F)cn2N(C)C12CCN(C(N)=O)CC2. The molecule has 1 aromatic carbocycles. The Morgan fingerprint density at radius 1 is 1.19 bits per heavy atom. The van der Waals surface area contributed by atoms with Crippen LogP contribution < -0.4 is 16.2 Å². The van der Waals surface area contributed by atoms with Crippen LogP contribution in [0, 0.1) is 22.5 Å². The van der Waals surface area contributed by atoms with Crippen molar-refractivity contribution in [3.63, 3.8) is 0 Å². The van der Waals surface area contributed by atoms with E-state index in [0.29, 0.717) is 30.7 Å². The molecule has 5 N–H and O–H groups in total. The number of aromatic nitrogens is 1. The first-order valence-corrected chi connectivity index (χ1v) is 12.0. The first-order valence-electron chi connectivity index (χ1n) is 11.2. The van der Waals surface area contributed by atoms with Crippen molar-refractivity contribution in [3.05, 3.63) is 63.1 Å². The van der Waals surface area contributed by atoms with Crippen LogP contribution in [0.3, 0.4) is 0 Å². The Bertz CT molecular complexity index is 1390. The molecule has 1 fully saturated rings. The highest BCUT2D eigenvalue weighted by Crippen LogP contribution is 2.36. The number of nitrogens with two attached hydrogens (primary N) is 1. The van der Waals surface area contributed by atoms with Gasteiger partial charge >= 0.3 is 6.03 Å². The number of amides is 3. The Morgan fingerprint density at radius 2 is 1.84 bits per heavy atom. The van der Waals surface area contributed by atoms with E-state index in [-0.39, 0.29) is 46.4 Å². The van der Waals surface area contributed by atoms with Gasteiger partial charge in [-0.1, -0.05) is 17.8 Å². The standard InChI is InChI=1S/C23H25F2N7O4S/c1-29-21(35)17-19(34)18(33)14(20(27)37-16(26)9-12-3-4-13(24)10-15(12)25)11-32(17)30(2)23(29)5-7-31(8-6-23)22(28)36/h3-4,10-11,26-27,34H,5-9H2,1-2H3,(H2,28,36). The lowest BCUT2D eigenvalue weighted by molar-refractivity contribution is 0.0153. The summed E-state index contributed by atoms with van der Waals surface area (Å²) in [6, 6.07) is 2.38. The van der Waals surface area contributed by atoms with E-state index in [0.717, 1.165) is 6.07 Å². The zero-order chi connectivity index (χ0) is 27.2. The van der Waals surface area contributed by atoms with Crippen molar-refractivity contribution in [1.82, 2.24) is 14.5 Å². The Labute approximate surface area is 214 Å². The molecule has 2 aromatic rings. The molecular formula is C23H25F2N7O4S. The van der Waals surface area contributed by atoms with Gasteiger partial charge in [-0.2, -0.15) is 0 Å². The third-order valence-corrected chi connectivity index (χ3v) is 7.75. The second-order valence-electron chi connectivity index (χ2n) is 8.88. The predicted octanol–water partition coefficient (Wildman–Crippen LogP) is 1.63. The first kappa shape index (κ1) is 26.1. The van der Waals surface area contributed by atoms with Gasteiger partial charge in [0.15, 0.2) is 11.4 Å². The smallest absolute Gasteiger partial charge is 0.314 e. The monoisotopic (exact) mass is 533 g/mol. The predicted molar refractivity (Wildman–Crippen MR) is 134 cm³/mol. The summed E-state index contributed by atoms with van der Waals surface area (Å²) in [4.78, 5) is 40.7. The van der Waals surface area contributed by atoms with Crippen LogP contribution in [0.1, 0.15) is 34.5 Å². The molecule has 1 spiro atoms. The summed E-state index contributed by atoms with van der Waals surface area (Å²) < 4.78 is 28.4. The highest BCUT2D eigenvalue weighted by atomic mass is 32.2. The normalized spacial score (nSPS) is 16.6. The van der Waals surface area contributed by atoms with E-state index in [1.54, 1.807) is 19.1 Å². The van der Waals surface area contributed by atoms with Crippen LogP contribution in [0.25, 0.3) is 0 Å². The molecule has 0 unspecified atom stereocenters. The number of pyridine rings is 1. The zero-order valence-corrected chi connectivity index (χ0v) is 20.9. The maximum Gasteiger partial charge on any atom is 0.314 e. The van der Waals surface area contributed by atoms with Crippen LogP contribution in [0.4, 0.5) is 13.6 Å². The fraction of sp³-hybridized carbons (Fsp3) is 0.348. The number of urea groups is 1. The number of aromatic hydroxyl groups is 1. The Hall–Kier alpha value is -3.94. The molecule has 1 aromatic heterocycles. The van der Waals surface area contributed by atoms with Gasteiger partial charge in [0.1, 0.15) is 22.3 Å². The lowest BCUT2D eigenvalue weighted by Crippen LogP contribution is -2.71. The molecule has 0 saturated carbocycles. The maximum absolute atomic E-state index is 14.0. The number of primary amides is 1. The molecule has 37 heavy (non-hydrogen) atoms. The summed E-state index contributed by atoms with van der Waals surface area (Å²) in [5.74, 6) is -3.04. The van der Waals surface area contributed by atoms with E-state index in [2.05, 4.69) is 0 Å². The fourth-order valence-electron chi connectivity index (χ4n) is 4.75. The number of benzene rings is 1. The number of piperidine rings is 1. The fourth-order valence-corrected chi connectivity index (χ4v) is 5.48. The van der Waals surface area contributed by atoms with E-state index >= 15 is 0 Å². The maximum atomic E-state index is 14.0. The number of hydrogen-bond donors (Lipinski definition) is 4. The molecule has 0 aliphatic carbocycles. The highest BCUT2D eigenvalue weighted by molar-refractivity contribution is 8.26. The summed E-state index contributed by atoms with van der Waals surface area (Å²) >= 11 is 0.577. The number of hydrogen-bond acceptors (Lipinski definition) is 8. The van der Waals surface area contributed by atoms with Crippen molar-refractivity contribution in [2.45, 2.75) is 24.9 Å². The van der Waals surface area contributed by atoms with E-state index in [4.69, 9.17) is 16.6 Å². The number of halogens is 2. The molecule has 196 valence electrons. The summed E-state index contributed by atoms with van der Waals surface area (Å²) in [5.41, 5.74) is 3.05. The Morgan fingerprint density at radius 3 is 2.43 bits per heavy atom. The van der Waals surface area contributed by atoms with Crippen molar-refractivity contribution in [2.24, 2.45) is 5.73 Å². The summed E-state index contributed by atoms with van der Waals surface area (Å²) in [7, 11) is 3.21. The molecular weight excluding hydrogens is 508 g/mol. The topological polar surface area (TPSA) is 160 Å². The van der Waals surface area contributed by atoms with Crippen molar-refractivity contribution in [1.29, 1.82) is 10.8 Å². The quantitative estimate of drug-likeness (QED) is 0.347. The van der Waals surface area contributed by atoms with Gasteiger partial charge in [-0.25, -0.2) is 13.6 Å². The number of fused-ring (bicyclic) bond motifs is 1. The Kier molecular flexibility index (Phi) is 6.71. The van der Waals surface area contributed by atoms with Gasteiger partial charge < -0.3 is 20.6 Å². The lowest BCUT2D eigenvalue weighted by Gasteiger charge is -2.55. The molecule has 2 aliphatic rings. The number of nitrogens with zero attached hydrogens (tertiary/aromatic N) is 4. The number of rotatable bonds is 3. The molecule has 3 amide bonds. The van der Waals surface area contributed by atoms with E-state index in [1.165, 1.54) is 26.7 Å². The van der Waals surface area contributed by atoms with E-state index in [9.17, 15) is 28.3 Å². The molecule has 14 heteroatoms. The van der Waals surface area contributed by atoms with Gasteiger partial charge in [0.25, 0.3) is 5.91 Å². The minimum Gasteiger partial charge on any atom is -0.502 e. The van der Waals surface area contributed by atoms with Gasteiger partial charge in [-0.05, 0) is 11.6 Å². The molecule has 4 rings (SSSR count). The van der Waals surface area contributed by atoms with Crippen molar-refractivity contribution in [3.8, 4) is 5.75 Å². The number of carbonyl (C=O) groups is 2. The van der Waals surface area contributed by atoms with Gasteiger partial charge in [-0.3, -0.25) is 30.1 Å². The molecule has 11 nitrogen and oxygen atoms in total. The lowest BCUT2D eigenvalue weighted by atomic mass is 9.92. The molecule has 2 aliphatic heterocycles. The first-order chi connectivity index (χ1) is 17.4. The van der Waals surface area contributed by atoms with Gasteiger partial charge in [0.05, 0.1) is 10.6 Å². The summed E-state index contributed by atoms with van der Waals surface area (Å²) in [6.07, 6.45) is 1.71. The minimum atomic E-state index is -0.959. The van der Waals surface area contributed by atoms with Crippen LogP contribution in [0.5, 0.6) is 5.75 Å². The number of nitrogens with one attached hydrogen (secondary N) is 2. The minimum absolute atomic E-state index is 0.0503. The number of carbonyl (C=O) groups excluding carboxylic acids is 2. The Balaban J connectivity index is 1.64. The van der Waals surface area contributed by atoms with Crippen LogP contribution in [0.2, 0.25) is 0 Å². The average Bonchev–Trinajstić information content (AvgIpc) is 2.85. The second-order valence-corrected chi connectivity index (χ2v) is 9.98.